The molecule has 2 aromatic heterocycles. The minimum atomic E-state index is -1.01. The molecule has 0 atom stereocenters. The Bertz CT molecular complexity index is 875. The second-order valence-corrected chi connectivity index (χ2v) is 4.60. The zero-order valence-corrected chi connectivity index (χ0v) is 11.0. The van der Waals surface area contributed by atoms with E-state index < -0.39 is 5.97 Å². The lowest BCUT2D eigenvalue weighted by Gasteiger charge is -2.09. The number of nitrogens with zero attached hydrogens (tertiary/aromatic N) is 3. The lowest BCUT2D eigenvalue weighted by molar-refractivity contribution is 0.0686. The van der Waals surface area contributed by atoms with E-state index in [4.69, 9.17) is 5.26 Å². The second-order valence-electron chi connectivity index (χ2n) is 4.60. The molecule has 0 spiro atoms. The normalized spacial score (nSPS) is 10.4. The molecule has 2 heterocycles. The van der Waals surface area contributed by atoms with Crippen LogP contribution in [0, 0.1) is 11.3 Å². The molecule has 0 unspecified atom stereocenters. The highest BCUT2D eigenvalue weighted by molar-refractivity contribution is 5.93. The van der Waals surface area contributed by atoms with E-state index in [1.165, 1.54) is 0 Å². The second kappa shape index (κ2) is 5.10. The van der Waals surface area contributed by atoms with Crippen molar-refractivity contribution in [3.8, 4) is 6.07 Å². The molecule has 0 radical (unpaired) electrons. The highest BCUT2D eigenvalue weighted by Crippen LogP contribution is 2.20. The third kappa shape index (κ3) is 2.23. The Morgan fingerprint density at radius 2 is 2.10 bits per heavy atom. The van der Waals surface area contributed by atoms with Crippen LogP contribution in [0.3, 0.4) is 0 Å². The molecular formula is C16H11N3O2. The fourth-order valence-electron chi connectivity index (χ4n) is 2.37. The van der Waals surface area contributed by atoms with E-state index in [1.54, 1.807) is 35.0 Å². The minimum Gasteiger partial charge on any atom is -0.477 e. The summed E-state index contributed by atoms with van der Waals surface area (Å²) < 4.78 is 1.67. The first-order valence-corrected chi connectivity index (χ1v) is 6.36. The molecule has 0 aliphatic heterocycles. The van der Waals surface area contributed by atoms with Crippen LogP contribution in [0.4, 0.5) is 0 Å². The summed E-state index contributed by atoms with van der Waals surface area (Å²) in [5, 5.41) is 18.5. The van der Waals surface area contributed by atoms with Crippen LogP contribution in [0.25, 0.3) is 11.0 Å². The standard InChI is InChI=1S/C16H11N3O2/c17-9-11-4-1-2-5-12(11)10-19-14-6-3-7-18-13(14)8-15(19)16(20)21/h1-8H,10H2,(H,20,21). The molecule has 21 heavy (non-hydrogen) atoms. The number of carboxylic acid groups (broad SMARTS) is 1. The molecule has 5 nitrogen and oxygen atoms in total. The summed E-state index contributed by atoms with van der Waals surface area (Å²) in [6.45, 7) is 0.320. The van der Waals surface area contributed by atoms with E-state index in [0.29, 0.717) is 17.6 Å². The van der Waals surface area contributed by atoms with Crippen LogP contribution >= 0.6 is 0 Å². The summed E-state index contributed by atoms with van der Waals surface area (Å²) in [5.74, 6) is -1.01. The molecule has 1 aromatic carbocycles. The first-order valence-electron chi connectivity index (χ1n) is 6.36. The lowest BCUT2D eigenvalue weighted by atomic mass is 10.1. The first kappa shape index (κ1) is 12.9. The van der Waals surface area contributed by atoms with Crippen molar-refractivity contribution in [2.45, 2.75) is 6.54 Å². The predicted molar refractivity (Wildman–Crippen MR) is 77.0 cm³/mol. The smallest absolute Gasteiger partial charge is 0.352 e. The molecular weight excluding hydrogens is 266 g/mol. The molecule has 102 valence electrons. The number of pyridine rings is 1. The van der Waals surface area contributed by atoms with E-state index in [0.717, 1.165) is 11.1 Å². The molecule has 0 amide bonds. The van der Waals surface area contributed by atoms with Crippen molar-refractivity contribution < 1.29 is 9.90 Å². The number of hydrogen-bond acceptors (Lipinski definition) is 3. The van der Waals surface area contributed by atoms with Gasteiger partial charge in [-0.2, -0.15) is 5.26 Å². The Hall–Kier alpha value is -3.13. The Morgan fingerprint density at radius 3 is 2.86 bits per heavy atom. The Balaban J connectivity index is 2.18. The van der Waals surface area contributed by atoms with Crippen molar-refractivity contribution in [2.24, 2.45) is 0 Å². The number of rotatable bonds is 3. The number of aromatic carboxylic acids is 1. The summed E-state index contributed by atoms with van der Waals surface area (Å²) in [4.78, 5) is 15.6. The summed E-state index contributed by atoms with van der Waals surface area (Å²) in [6.07, 6.45) is 1.63. The number of fused-ring (bicyclic) bond motifs is 1. The van der Waals surface area contributed by atoms with Gasteiger partial charge in [-0.1, -0.05) is 18.2 Å². The fourth-order valence-corrected chi connectivity index (χ4v) is 2.37. The molecule has 0 bridgehead atoms. The van der Waals surface area contributed by atoms with Crippen LogP contribution in [-0.2, 0) is 6.54 Å². The average Bonchev–Trinajstić information content (AvgIpc) is 2.87. The van der Waals surface area contributed by atoms with Crippen molar-refractivity contribution in [3.63, 3.8) is 0 Å². The number of aromatic nitrogens is 2. The van der Waals surface area contributed by atoms with Crippen LogP contribution in [-0.4, -0.2) is 20.6 Å². The SMILES string of the molecule is N#Cc1ccccc1Cn1c(C(=O)O)cc2ncccc21. The molecule has 0 aliphatic carbocycles. The Morgan fingerprint density at radius 1 is 1.29 bits per heavy atom. The molecule has 5 heteroatoms. The zero-order chi connectivity index (χ0) is 14.8. The van der Waals surface area contributed by atoms with Crippen molar-refractivity contribution in [1.29, 1.82) is 5.26 Å². The van der Waals surface area contributed by atoms with Crippen molar-refractivity contribution in [3.05, 3.63) is 65.5 Å². The highest BCUT2D eigenvalue weighted by atomic mass is 16.4. The number of nitriles is 1. The van der Waals surface area contributed by atoms with Crippen LogP contribution in [0.2, 0.25) is 0 Å². The summed E-state index contributed by atoms with van der Waals surface area (Å²) in [6, 6.07) is 14.4. The van der Waals surface area contributed by atoms with Gasteiger partial charge in [-0.15, -0.1) is 0 Å². The molecule has 3 rings (SSSR count). The van der Waals surface area contributed by atoms with E-state index >= 15 is 0 Å². The molecule has 0 saturated heterocycles. The maximum atomic E-state index is 11.4. The minimum absolute atomic E-state index is 0.163. The van der Waals surface area contributed by atoms with Gasteiger partial charge in [0.1, 0.15) is 5.69 Å². The van der Waals surface area contributed by atoms with Gasteiger partial charge in [0.25, 0.3) is 0 Å². The number of hydrogen-bond donors (Lipinski definition) is 1. The van der Waals surface area contributed by atoms with Gasteiger partial charge in [0.15, 0.2) is 0 Å². The maximum absolute atomic E-state index is 11.4. The van der Waals surface area contributed by atoms with Crippen LogP contribution < -0.4 is 0 Å². The molecule has 0 saturated carbocycles. The molecule has 3 aromatic rings. The van der Waals surface area contributed by atoms with Crippen LogP contribution in [0.1, 0.15) is 21.6 Å². The largest absolute Gasteiger partial charge is 0.477 e. The summed E-state index contributed by atoms with van der Waals surface area (Å²) in [7, 11) is 0. The van der Waals surface area contributed by atoms with Gasteiger partial charge < -0.3 is 9.67 Å². The number of carboxylic acids is 1. The molecule has 0 fully saturated rings. The van der Waals surface area contributed by atoms with Crippen molar-refractivity contribution in [1.82, 2.24) is 9.55 Å². The van der Waals surface area contributed by atoms with Crippen LogP contribution in [0.15, 0.2) is 48.7 Å². The van der Waals surface area contributed by atoms with E-state index in [2.05, 4.69) is 11.1 Å². The van der Waals surface area contributed by atoms with Gasteiger partial charge in [0, 0.05) is 12.7 Å². The molecule has 1 N–H and O–H groups in total. The van der Waals surface area contributed by atoms with Gasteiger partial charge in [-0.05, 0) is 29.8 Å². The van der Waals surface area contributed by atoms with Crippen molar-refractivity contribution >= 4 is 17.0 Å². The molecule has 0 aliphatic rings. The van der Waals surface area contributed by atoms with Gasteiger partial charge in [0.05, 0.1) is 22.7 Å². The third-order valence-electron chi connectivity index (χ3n) is 3.36. The summed E-state index contributed by atoms with van der Waals surface area (Å²) >= 11 is 0. The fraction of sp³-hybridized carbons (Fsp3) is 0.0625. The van der Waals surface area contributed by atoms with E-state index in [-0.39, 0.29) is 5.69 Å². The lowest BCUT2D eigenvalue weighted by Crippen LogP contribution is -2.10. The first-order chi connectivity index (χ1) is 10.2. The van der Waals surface area contributed by atoms with E-state index in [1.807, 2.05) is 18.2 Å². The van der Waals surface area contributed by atoms with Gasteiger partial charge in [-0.3, -0.25) is 4.98 Å². The summed E-state index contributed by atoms with van der Waals surface area (Å²) in [5.41, 5.74) is 2.85. The zero-order valence-electron chi connectivity index (χ0n) is 11.0. The maximum Gasteiger partial charge on any atom is 0.352 e. The Labute approximate surface area is 120 Å². The van der Waals surface area contributed by atoms with Gasteiger partial charge in [-0.25, -0.2) is 4.79 Å². The van der Waals surface area contributed by atoms with E-state index in [9.17, 15) is 9.90 Å². The van der Waals surface area contributed by atoms with Crippen molar-refractivity contribution in [2.75, 3.05) is 0 Å². The number of benzene rings is 1. The topological polar surface area (TPSA) is 78.9 Å². The van der Waals surface area contributed by atoms with Gasteiger partial charge in [0.2, 0.25) is 0 Å². The van der Waals surface area contributed by atoms with Crippen LogP contribution in [0.5, 0.6) is 0 Å². The monoisotopic (exact) mass is 277 g/mol. The van der Waals surface area contributed by atoms with Gasteiger partial charge >= 0.3 is 5.97 Å². The Kier molecular flexibility index (Phi) is 3.13. The average molecular weight is 277 g/mol. The quantitative estimate of drug-likeness (QED) is 0.798. The number of carbonyl (C=O) groups is 1. The highest BCUT2D eigenvalue weighted by Gasteiger charge is 2.16. The predicted octanol–water partition coefficient (Wildman–Crippen LogP) is 2.65. The third-order valence-corrected chi connectivity index (χ3v) is 3.36.